The third-order valence-electron chi connectivity index (χ3n) is 5.15. The molecular weight excluding hydrogens is 384 g/mol. The summed E-state index contributed by atoms with van der Waals surface area (Å²) < 4.78 is 20.9. The normalized spacial score (nSPS) is 26.9. The highest BCUT2D eigenvalue weighted by Crippen LogP contribution is 2.39. The molecule has 1 aliphatic heterocycles. The Morgan fingerprint density at radius 3 is 1.30 bits per heavy atom. The van der Waals surface area contributed by atoms with E-state index < -0.39 is 26.4 Å². The van der Waals surface area contributed by atoms with Crippen LogP contribution in [0, 0.1) is 0 Å². The second-order valence-electron chi connectivity index (χ2n) is 8.16. The summed E-state index contributed by atoms with van der Waals surface area (Å²) in [6.45, 7) is 13.4. The van der Waals surface area contributed by atoms with E-state index in [4.69, 9.17) is 12.3 Å². The van der Waals surface area contributed by atoms with Gasteiger partial charge < -0.3 is 12.3 Å². The van der Waals surface area contributed by atoms with Gasteiger partial charge in [-0.2, -0.15) is 0 Å². The van der Waals surface area contributed by atoms with Crippen molar-refractivity contribution in [3.05, 3.63) is 60.7 Å². The molecule has 1 fully saturated rings. The van der Waals surface area contributed by atoms with Gasteiger partial charge in [-0.1, -0.05) is 102 Å². The fourth-order valence-corrected chi connectivity index (χ4v) is 19.5. The van der Waals surface area contributed by atoms with Gasteiger partial charge >= 0.3 is 26.4 Å². The second kappa shape index (κ2) is 8.15. The lowest BCUT2D eigenvalue weighted by Gasteiger charge is -2.52. The van der Waals surface area contributed by atoms with E-state index in [2.05, 4.69) is 102 Å². The highest BCUT2D eigenvalue weighted by molar-refractivity contribution is 7.01. The van der Waals surface area contributed by atoms with Crippen molar-refractivity contribution in [1.29, 1.82) is 0 Å². The Morgan fingerprint density at radius 2 is 1.00 bits per heavy atom. The van der Waals surface area contributed by atoms with Crippen LogP contribution in [0.25, 0.3) is 0 Å². The Bertz CT molecular complexity index is 679. The summed E-state index contributed by atoms with van der Waals surface area (Å²) in [4.78, 5) is 0. The molecule has 2 atom stereocenters. The van der Waals surface area contributed by atoms with E-state index in [9.17, 15) is 0 Å². The van der Waals surface area contributed by atoms with Crippen molar-refractivity contribution in [3.63, 3.8) is 0 Å². The highest BCUT2D eigenvalue weighted by Gasteiger charge is 2.61. The molecule has 3 nitrogen and oxygen atoms in total. The van der Waals surface area contributed by atoms with Gasteiger partial charge in [0.05, 0.1) is 0 Å². The third-order valence-corrected chi connectivity index (χ3v) is 17.9. The lowest BCUT2D eigenvalue weighted by molar-refractivity contribution is 0.233. The summed E-state index contributed by atoms with van der Waals surface area (Å²) in [6, 6.07) is 21.2. The Labute approximate surface area is 168 Å². The van der Waals surface area contributed by atoms with Gasteiger partial charge in [-0.25, -0.2) is 0 Å². The predicted octanol–water partition coefficient (Wildman–Crippen LogP) is 4.47. The van der Waals surface area contributed by atoms with Crippen LogP contribution >= 0.6 is 0 Å². The average molecular weight is 416 g/mol. The summed E-state index contributed by atoms with van der Waals surface area (Å²) in [7, 11) is -6.78. The van der Waals surface area contributed by atoms with Crippen molar-refractivity contribution >= 4 is 36.8 Å². The first-order chi connectivity index (χ1) is 12.8. The molecule has 6 heteroatoms. The SMILES string of the molecule is CC(C)[Si]1O[Si@](c2ccccc2)(C(C)C)O[Si@@](c2ccccc2)(C(C)C)O1. The van der Waals surface area contributed by atoms with E-state index >= 15 is 0 Å². The monoisotopic (exact) mass is 415 g/mol. The van der Waals surface area contributed by atoms with Crippen LogP contribution in [-0.4, -0.2) is 26.4 Å². The Morgan fingerprint density at radius 1 is 0.630 bits per heavy atom. The molecule has 0 N–H and O–H groups in total. The fourth-order valence-electron chi connectivity index (χ4n) is 3.54. The number of hydrogen-bond donors (Lipinski definition) is 0. The molecule has 1 aliphatic rings. The van der Waals surface area contributed by atoms with Crippen LogP contribution in [0.1, 0.15) is 41.5 Å². The van der Waals surface area contributed by atoms with Crippen LogP contribution < -0.4 is 10.4 Å². The first-order valence-corrected chi connectivity index (χ1v) is 15.1. The topological polar surface area (TPSA) is 27.7 Å². The van der Waals surface area contributed by atoms with Crippen LogP contribution in [0.5, 0.6) is 0 Å². The standard InChI is InChI=1S/C21H31O3Si3/c1-17(2)25-22-26(18(3)4,20-13-9-7-10-14-20)24-27(23-25,19(5)6)21-15-11-8-12-16-21/h7-19H,1-6H3/t26-,27-/m1/s1. The van der Waals surface area contributed by atoms with Crippen molar-refractivity contribution in [2.75, 3.05) is 0 Å². The summed E-state index contributed by atoms with van der Waals surface area (Å²) in [5.41, 5.74) is 0.969. The Balaban J connectivity index is 2.21. The lowest BCUT2D eigenvalue weighted by atomic mass is 10.4. The van der Waals surface area contributed by atoms with E-state index in [1.54, 1.807) is 0 Å². The largest absolute Gasteiger partial charge is 0.411 e. The molecular formula is C21H31O3Si3. The van der Waals surface area contributed by atoms with Crippen LogP contribution in [0.2, 0.25) is 16.6 Å². The maximum Gasteiger partial charge on any atom is 0.369 e. The minimum atomic E-state index is -2.66. The molecule has 0 unspecified atom stereocenters. The van der Waals surface area contributed by atoms with Crippen molar-refractivity contribution < 1.29 is 12.3 Å². The molecule has 1 saturated heterocycles. The highest BCUT2D eigenvalue weighted by atomic mass is 28.5. The zero-order valence-corrected chi connectivity index (χ0v) is 20.2. The summed E-state index contributed by atoms with van der Waals surface area (Å²) in [5, 5.41) is 2.44. The summed E-state index contributed by atoms with van der Waals surface area (Å²) in [5.74, 6) is 0. The van der Waals surface area contributed by atoms with Crippen molar-refractivity contribution in [1.82, 2.24) is 0 Å². The van der Waals surface area contributed by atoms with Gasteiger partial charge in [0.2, 0.25) is 0 Å². The van der Waals surface area contributed by atoms with Crippen molar-refractivity contribution in [3.8, 4) is 0 Å². The van der Waals surface area contributed by atoms with E-state index in [0.717, 1.165) is 0 Å². The van der Waals surface area contributed by atoms with Gasteiger partial charge in [0, 0.05) is 0 Å². The summed E-state index contributed by atoms with van der Waals surface area (Å²) in [6.07, 6.45) is 0. The quantitative estimate of drug-likeness (QED) is 0.675. The molecule has 0 amide bonds. The van der Waals surface area contributed by atoms with Gasteiger partial charge in [-0.3, -0.25) is 0 Å². The second-order valence-corrected chi connectivity index (χ2v) is 18.5. The molecule has 2 aromatic rings. The molecule has 2 aromatic carbocycles. The number of hydrogen-bond acceptors (Lipinski definition) is 3. The maximum atomic E-state index is 7.20. The van der Waals surface area contributed by atoms with Gasteiger partial charge in [0.25, 0.3) is 0 Å². The van der Waals surface area contributed by atoms with E-state index in [0.29, 0.717) is 16.6 Å². The molecule has 1 radical (unpaired) electrons. The Hall–Kier alpha value is -1.03. The lowest BCUT2D eigenvalue weighted by Crippen LogP contribution is -2.75. The molecule has 0 bridgehead atoms. The van der Waals surface area contributed by atoms with Crippen LogP contribution in [-0.2, 0) is 12.3 Å². The molecule has 0 saturated carbocycles. The third kappa shape index (κ3) is 3.79. The number of benzene rings is 2. The minimum Gasteiger partial charge on any atom is -0.411 e. The van der Waals surface area contributed by atoms with Crippen molar-refractivity contribution in [2.45, 2.75) is 58.2 Å². The van der Waals surface area contributed by atoms with E-state index in [1.165, 1.54) is 10.4 Å². The van der Waals surface area contributed by atoms with Crippen LogP contribution in [0.3, 0.4) is 0 Å². The molecule has 0 aliphatic carbocycles. The molecule has 0 spiro atoms. The molecule has 0 aromatic heterocycles. The maximum absolute atomic E-state index is 7.20. The molecule has 27 heavy (non-hydrogen) atoms. The van der Waals surface area contributed by atoms with Gasteiger partial charge in [-0.15, -0.1) is 0 Å². The van der Waals surface area contributed by atoms with Crippen molar-refractivity contribution in [2.24, 2.45) is 0 Å². The van der Waals surface area contributed by atoms with Gasteiger partial charge in [0.15, 0.2) is 0 Å². The van der Waals surface area contributed by atoms with E-state index in [1.807, 2.05) is 0 Å². The Kier molecular flexibility index (Phi) is 6.24. The average Bonchev–Trinajstić information content (AvgIpc) is 2.68. The minimum absolute atomic E-state index is 0.303. The zero-order valence-electron chi connectivity index (χ0n) is 17.2. The van der Waals surface area contributed by atoms with Crippen LogP contribution in [0.4, 0.5) is 0 Å². The number of rotatable bonds is 5. The smallest absolute Gasteiger partial charge is 0.369 e. The molecule has 145 valence electrons. The summed E-state index contributed by atoms with van der Waals surface area (Å²) >= 11 is 0. The molecule has 3 rings (SSSR count). The van der Waals surface area contributed by atoms with Gasteiger partial charge in [-0.05, 0) is 27.0 Å². The van der Waals surface area contributed by atoms with E-state index in [-0.39, 0.29) is 0 Å². The van der Waals surface area contributed by atoms with Gasteiger partial charge in [0.1, 0.15) is 0 Å². The van der Waals surface area contributed by atoms with Crippen LogP contribution in [0.15, 0.2) is 60.7 Å². The first-order valence-electron chi connectivity index (χ1n) is 9.88. The zero-order chi connectivity index (χ0) is 19.7. The first kappa shape index (κ1) is 20.7. The predicted molar refractivity (Wildman–Crippen MR) is 118 cm³/mol. The fraction of sp³-hybridized carbons (Fsp3) is 0.429. The molecule has 1 heterocycles.